The fourth-order valence-corrected chi connectivity index (χ4v) is 5.29. The summed E-state index contributed by atoms with van der Waals surface area (Å²) in [5, 5.41) is 6.26. The van der Waals surface area contributed by atoms with Crippen molar-refractivity contribution in [3.63, 3.8) is 0 Å². The highest BCUT2D eigenvalue weighted by molar-refractivity contribution is 7.89. The predicted molar refractivity (Wildman–Crippen MR) is 118 cm³/mol. The molecule has 4 rings (SSSR count). The van der Waals surface area contributed by atoms with Crippen molar-refractivity contribution in [2.45, 2.75) is 30.7 Å². The maximum Gasteiger partial charge on any atom is 0.326 e. The van der Waals surface area contributed by atoms with E-state index >= 15 is 0 Å². The number of nitrogens with one attached hydrogen (secondary N) is 2. The largest absolute Gasteiger partial charge is 0.333 e. The minimum absolute atomic E-state index is 0.271. The highest BCUT2D eigenvalue weighted by Gasteiger charge is 2.25. The van der Waals surface area contributed by atoms with Crippen molar-refractivity contribution in [2.24, 2.45) is 0 Å². The Labute approximate surface area is 180 Å². The third kappa shape index (κ3) is 4.47. The van der Waals surface area contributed by atoms with Crippen LogP contribution in [-0.4, -0.2) is 42.8 Å². The molecule has 0 spiro atoms. The maximum absolute atomic E-state index is 12.7. The molecular formula is C22H24N4O4S. The normalized spacial score (nSPS) is 15.0. The van der Waals surface area contributed by atoms with Gasteiger partial charge in [-0.2, -0.15) is 4.31 Å². The molecule has 8 nitrogen and oxygen atoms in total. The molecule has 0 unspecified atom stereocenters. The molecule has 2 aromatic carbocycles. The Bertz CT molecular complexity index is 1200. The minimum atomic E-state index is -3.46. The first kappa shape index (κ1) is 21.1. The van der Waals surface area contributed by atoms with E-state index in [9.17, 15) is 18.0 Å². The predicted octanol–water partition coefficient (Wildman–Crippen LogP) is 3.14. The smallest absolute Gasteiger partial charge is 0.326 e. The molecule has 162 valence electrons. The number of anilines is 1. The summed E-state index contributed by atoms with van der Waals surface area (Å²) in [6.07, 6.45) is 5.13. The first-order valence-corrected chi connectivity index (χ1v) is 11.6. The first-order chi connectivity index (χ1) is 15.0. The second kappa shape index (κ2) is 8.91. The van der Waals surface area contributed by atoms with Crippen LogP contribution in [0.1, 0.15) is 24.8 Å². The molecule has 3 aromatic rings. The molecule has 9 heteroatoms. The van der Waals surface area contributed by atoms with Gasteiger partial charge >= 0.3 is 6.03 Å². The van der Waals surface area contributed by atoms with Gasteiger partial charge in [0.05, 0.1) is 10.4 Å². The Hall–Kier alpha value is -3.17. The van der Waals surface area contributed by atoms with E-state index in [0.29, 0.717) is 25.2 Å². The van der Waals surface area contributed by atoms with Crippen LogP contribution in [0.25, 0.3) is 10.9 Å². The lowest BCUT2D eigenvalue weighted by atomic mass is 10.2. The van der Waals surface area contributed by atoms with Gasteiger partial charge in [-0.05, 0) is 54.8 Å². The van der Waals surface area contributed by atoms with Gasteiger partial charge in [-0.3, -0.25) is 9.36 Å². The summed E-state index contributed by atoms with van der Waals surface area (Å²) in [4.78, 5) is 23.5. The number of hydrogen-bond donors (Lipinski definition) is 2. The number of piperidine rings is 1. The Morgan fingerprint density at radius 3 is 2.45 bits per heavy atom. The number of rotatable bonds is 6. The van der Waals surface area contributed by atoms with E-state index in [-0.39, 0.29) is 17.5 Å². The van der Waals surface area contributed by atoms with Crippen LogP contribution >= 0.6 is 0 Å². The fourth-order valence-electron chi connectivity index (χ4n) is 3.77. The van der Waals surface area contributed by atoms with E-state index in [2.05, 4.69) is 10.6 Å². The summed E-state index contributed by atoms with van der Waals surface area (Å²) in [5.74, 6) is 0. The Morgan fingerprint density at radius 2 is 1.74 bits per heavy atom. The zero-order valence-electron chi connectivity index (χ0n) is 17.0. The van der Waals surface area contributed by atoms with E-state index in [4.69, 9.17) is 0 Å². The van der Waals surface area contributed by atoms with Gasteiger partial charge < -0.3 is 10.6 Å². The molecule has 2 heterocycles. The summed E-state index contributed by atoms with van der Waals surface area (Å²) in [6.45, 7) is 1.41. The standard InChI is InChI=1S/C22H24N4O4S/c27-16-24-19-6-9-21-18(14-19)10-13-26(21)22(28)23-15-17-4-7-20(8-5-17)31(29,30)25-11-2-1-3-12-25/h4-10,13-14,16H,1-3,11-12,15H2,(H,23,28)(H,24,27). The van der Waals surface area contributed by atoms with Crippen molar-refractivity contribution in [1.29, 1.82) is 0 Å². The molecular weight excluding hydrogens is 416 g/mol. The van der Waals surface area contributed by atoms with Crippen LogP contribution in [0.4, 0.5) is 10.5 Å². The summed E-state index contributed by atoms with van der Waals surface area (Å²) < 4.78 is 28.5. The SMILES string of the molecule is O=CNc1ccc2c(ccn2C(=O)NCc2ccc(S(=O)(=O)N3CCCCC3)cc2)c1. The number of carbonyl (C=O) groups is 2. The van der Waals surface area contributed by atoms with Crippen molar-refractivity contribution in [2.75, 3.05) is 18.4 Å². The topological polar surface area (TPSA) is 101 Å². The van der Waals surface area contributed by atoms with Gasteiger partial charge in [0, 0.05) is 36.9 Å². The van der Waals surface area contributed by atoms with Gasteiger partial charge in [0.2, 0.25) is 16.4 Å². The molecule has 1 aromatic heterocycles. The number of carbonyl (C=O) groups excluding carboxylic acids is 2. The molecule has 1 fully saturated rings. The zero-order valence-corrected chi connectivity index (χ0v) is 17.8. The van der Waals surface area contributed by atoms with Crippen molar-refractivity contribution in [1.82, 2.24) is 14.2 Å². The van der Waals surface area contributed by atoms with Gasteiger partial charge in [-0.15, -0.1) is 0 Å². The highest BCUT2D eigenvalue weighted by atomic mass is 32.2. The molecule has 2 amide bonds. The van der Waals surface area contributed by atoms with Gasteiger partial charge in [0.1, 0.15) is 0 Å². The van der Waals surface area contributed by atoms with Crippen molar-refractivity contribution < 1.29 is 18.0 Å². The van der Waals surface area contributed by atoms with E-state index in [1.54, 1.807) is 59.0 Å². The molecule has 31 heavy (non-hydrogen) atoms. The summed E-state index contributed by atoms with van der Waals surface area (Å²) >= 11 is 0. The second-order valence-corrected chi connectivity index (χ2v) is 9.43. The number of aromatic nitrogens is 1. The average Bonchev–Trinajstić information content (AvgIpc) is 3.22. The van der Waals surface area contributed by atoms with Crippen LogP contribution in [0.15, 0.2) is 59.6 Å². The zero-order chi connectivity index (χ0) is 21.8. The van der Waals surface area contributed by atoms with E-state index in [1.165, 1.54) is 4.57 Å². The molecule has 0 atom stereocenters. The lowest BCUT2D eigenvalue weighted by molar-refractivity contribution is -0.105. The average molecular weight is 441 g/mol. The molecule has 1 aliphatic rings. The third-order valence-electron chi connectivity index (χ3n) is 5.45. The monoisotopic (exact) mass is 440 g/mol. The van der Waals surface area contributed by atoms with Crippen molar-refractivity contribution in [3.8, 4) is 0 Å². The molecule has 0 radical (unpaired) electrons. The Morgan fingerprint density at radius 1 is 1.00 bits per heavy atom. The summed E-state index contributed by atoms with van der Waals surface area (Å²) in [6, 6.07) is 13.4. The summed E-state index contributed by atoms with van der Waals surface area (Å²) in [7, 11) is -3.46. The minimum Gasteiger partial charge on any atom is -0.333 e. The maximum atomic E-state index is 12.7. The van der Waals surface area contributed by atoms with Gasteiger partial charge in [-0.1, -0.05) is 18.6 Å². The van der Waals surface area contributed by atoms with Crippen LogP contribution in [0.2, 0.25) is 0 Å². The van der Waals surface area contributed by atoms with Crippen LogP contribution < -0.4 is 10.6 Å². The first-order valence-electron chi connectivity index (χ1n) is 10.2. The molecule has 2 N–H and O–H groups in total. The molecule has 0 aliphatic carbocycles. The Kier molecular flexibility index (Phi) is 6.06. The second-order valence-electron chi connectivity index (χ2n) is 7.49. The molecule has 0 saturated carbocycles. The van der Waals surface area contributed by atoms with Crippen LogP contribution in [0.5, 0.6) is 0 Å². The molecule has 1 saturated heterocycles. The van der Waals surface area contributed by atoms with Crippen LogP contribution in [0, 0.1) is 0 Å². The number of amides is 2. The van der Waals surface area contributed by atoms with Crippen LogP contribution in [-0.2, 0) is 21.4 Å². The quantitative estimate of drug-likeness (QED) is 0.575. The van der Waals surface area contributed by atoms with Gasteiger partial charge in [-0.25, -0.2) is 13.2 Å². The summed E-state index contributed by atoms with van der Waals surface area (Å²) in [5.41, 5.74) is 2.18. The third-order valence-corrected chi connectivity index (χ3v) is 7.37. The van der Waals surface area contributed by atoms with Crippen LogP contribution in [0.3, 0.4) is 0 Å². The van der Waals surface area contributed by atoms with Crippen molar-refractivity contribution >= 4 is 39.1 Å². The number of fused-ring (bicyclic) bond motifs is 1. The van der Waals surface area contributed by atoms with Gasteiger partial charge in [0.25, 0.3) is 0 Å². The number of nitrogens with zero attached hydrogens (tertiary/aromatic N) is 2. The molecule has 1 aliphatic heterocycles. The Balaban J connectivity index is 1.42. The van der Waals surface area contributed by atoms with E-state index in [1.807, 2.05) is 0 Å². The number of sulfonamides is 1. The lowest BCUT2D eigenvalue weighted by Gasteiger charge is -2.25. The molecule has 0 bridgehead atoms. The highest BCUT2D eigenvalue weighted by Crippen LogP contribution is 2.22. The lowest BCUT2D eigenvalue weighted by Crippen LogP contribution is -2.35. The van der Waals surface area contributed by atoms with Crippen molar-refractivity contribution in [3.05, 3.63) is 60.3 Å². The number of hydrogen-bond acceptors (Lipinski definition) is 4. The van der Waals surface area contributed by atoms with E-state index < -0.39 is 10.0 Å². The number of benzene rings is 2. The van der Waals surface area contributed by atoms with E-state index in [0.717, 1.165) is 35.7 Å². The van der Waals surface area contributed by atoms with Gasteiger partial charge in [0.15, 0.2) is 0 Å². The fraction of sp³-hybridized carbons (Fsp3) is 0.273.